The molecule has 0 unspecified atom stereocenters. The van der Waals surface area contributed by atoms with Gasteiger partial charge in [0.15, 0.2) is 6.10 Å². The Balaban J connectivity index is 1.89. The van der Waals surface area contributed by atoms with Crippen LogP contribution in [0.1, 0.15) is 34.0 Å². The standard InChI is InChI=1S/C19H21NO3/c1-13-9-10-17(11-14(13)2)19(22)23-15(3)18(21)20-12-16-7-5-4-6-8-16/h4-11,15H,12H2,1-3H3,(H,20,21)/t15-/m1/s1. The number of hydrogen-bond acceptors (Lipinski definition) is 3. The minimum absolute atomic E-state index is 0.314. The summed E-state index contributed by atoms with van der Waals surface area (Å²) in [4.78, 5) is 24.1. The van der Waals surface area contributed by atoms with E-state index in [1.54, 1.807) is 19.1 Å². The quantitative estimate of drug-likeness (QED) is 0.863. The van der Waals surface area contributed by atoms with Crippen molar-refractivity contribution in [1.29, 1.82) is 0 Å². The van der Waals surface area contributed by atoms with Gasteiger partial charge in [-0.1, -0.05) is 36.4 Å². The van der Waals surface area contributed by atoms with Crippen LogP contribution in [0.4, 0.5) is 0 Å². The molecule has 0 aliphatic rings. The van der Waals surface area contributed by atoms with E-state index < -0.39 is 12.1 Å². The van der Waals surface area contributed by atoms with Gasteiger partial charge in [0.05, 0.1) is 5.56 Å². The van der Waals surface area contributed by atoms with Gasteiger partial charge >= 0.3 is 5.97 Å². The first-order valence-electron chi connectivity index (χ1n) is 7.57. The summed E-state index contributed by atoms with van der Waals surface area (Å²) in [5, 5.41) is 2.76. The summed E-state index contributed by atoms with van der Waals surface area (Å²) >= 11 is 0. The molecule has 0 spiro atoms. The second-order valence-corrected chi connectivity index (χ2v) is 5.55. The van der Waals surface area contributed by atoms with Crippen LogP contribution in [0.3, 0.4) is 0 Å². The molecule has 0 aliphatic carbocycles. The fraction of sp³-hybridized carbons (Fsp3) is 0.263. The number of carbonyl (C=O) groups excluding carboxylic acids is 2. The Bertz CT molecular complexity index is 695. The van der Waals surface area contributed by atoms with E-state index in [1.807, 2.05) is 50.2 Å². The fourth-order valence-electron chi connectivity index (χ4n) is 2.08. The molecule has 0 saturated heterocycles. The van der Waals surface area contributed by atoms with Crippen LogP contribution >= 0.6 is 0 Å². The minimum Gasteiger partial charge on any atom is -0.449 e. The van der Waals surface area contributed by atoms with Gasteiger partial charge < -0.3 is 10.1 Å². The summed E-state index contributed by atoms with van der Waals surface area (Å²) in [5.41, 5.74) is 3.57. The Labute approximate surface area is 136 Å². The number of carbonyl (C=O) groups is 2. The molecule has 0 fully saturated rings. The molecule has 0 heterocycles. The van der Waals surface area contributed by atoms with E-state index in [0.717, 1.165) is 16.7 Å². The van der Waals surface area contributed by atoms with Gasteiger partial charge in [-0.05, 0) is 49.6 Å². The van der Waals surface area contributed by atoms with Gasteiger partial charge in [-0.3, -0.25) is 4.79 Å². The van der Waals surface area contributed by atoms with Gasteiger partial charge in [0.1, 0.15) is 0 Å². The molecule has 2 rings (SSSR count). The lowest BCUT2D eigenvalue weighted by atomic mass is 10.1. The first-order chi connectivity index (χ1) is 11.0. The number of rotatable bonds is 5. The predicted octanol–water partition coefficient (Wildman–Crippen LogP) is 3.17. The lowest BCUT2D eigenvalue weighted by Gasteiger charge is -2.14. The number of ether oxygens (including phenoxy) is 1. The summed E-state index contributed by atoms with van der Waals surface area (Å²) < 4.78 is 5.23. The van der Waals surface area contributed by atoms with Gasteiger partial charge in [0, 0.05) is 6.54 Å². The SMILES string of the molecule is Cc1ccc(C(=O)O[C@H](C)C(=O)NCc2ccccc2)cc1C. The first-order valence-corrected chi connectivity index (χ1v) is 7.57. The van der Waals surface area contributed by atoms with Crippen molar-refractivity contribution in [2.24, 2.45) is 0 Å². The normalized spacial score (nSPS) is 11.6. The number of hydrogen-bond donors (Lipinski definition) is 1. The highest BCUT2D eigenvalue weighted by Crippen LogP contribution is 2.12. The van der Waals surface area contributed by atoms with Crippen LogP contribution in [-0.4, -0.2) is 18.0 Å². The Kier molecular flexibility index (Phi) is 5.52. The smallest absolute Gasteiger partial charge is 0.338 e. The van der Waals surface area contributed by atoms with Gasteiger partial charge in [-0.15, -0.1) is 0 Å². The molecule has 1 atom stereocenters. The molecule has 0 aliphatic heterocycles. The lowest BCUT2D eigenvalue weighted by molar-refractivity contribution is -0.129. The Morgan fingerprint density at radius 2 is 1.74 bits per heavy atom. The van der Waals surface area contributed by atoms with Crippen molar-refractivity contribution in [3.63, 3.8) is 0 Å². The van der Waals surface area contributed by atoms with E-state index in [-0.39, 0.29) is 5.91 Å². The minimum atomic E-state index is -0.840. The maximum atomic E-state index is 12.1. The van der Waals surface area contributed by atoms with Crippen LogP contribution in [0, 0.1) is 13.8 Å². The number of aryl methyl sites for hydroxylation is 2. The van der Waals surface area contributed by atoms with Gasteiger partial charge in [-0.25, -0.2) is 4.79 Å². The van der Waals surface area contributed by atoms with Crippen molar-refractivity contribution >= 4 is 11.9 Å². The zero-order valence-electron chi connectivity index (χ0n) is 13.6. The molecule has 2 aromatic rings. The first kappa shape index (κ1) is 16.7. The van der Waals surface area contributed by atoms with E-state index in [1.165, 1.54) is 0 Å². The maximum Gasteiger partial charge on any atom is 0.338 e. The summed E-state index contributed by atoms with van der Waals surface area (Å²) in [6.45, 7) is 5.89. The van der Waals surface area contributed by atoms with Gasteiger partial charge in [0.25, 0.3) is 5.91 Å². The zero-order valence-corrected chi connectivity index (χ0v) is 13.6. The third-order valence-corrected chi connectivity index (χ3v) is 3.71. The molecule has 23 heavy (non-hydrogen) atoms. The lowest BCUT2D eigenvalue weighted by Crippen LogP contribution is -2.35. The monoisotopic (exact) mass is 311 g/mol. The van der Waals surface area contributed by atoms with Crippen LogP contribution in [0.2, 0.25) is 0 Å². The number of esters is 1. The number of benzene rings is 2. The molecule has 0 saturated carbocycles. The van der Waals surface area contributed by atoms with E-state index in [9.17, 15) is 9.59 Å². The average Bonchev–Trinajstić information content (AvgIpc) is 2.55. The number of nitrogens with one attached hydrogen (secondary N) is 1. The van der Waals surface area contributed by atoms with E-state index in [0.29, 0.717) is 12.1 Å². The van der Waals surface area contributed by atoms with Crippen molar-refractivity contribution in [3.8, 4) is 0 Å². The third kappa shape index (κ3) is 4.68. The molecular formula is C19H21NO3. The maximum absolute atomic E-state index is 12.1. The molecule has 4 heteroatoms. The van der Waals surface area contributed by atoms with Crippen LogP contribution in [0.5, 0.6) is 0 Å². The molecule has 0 radical (unpaired) electrons. The Hall–Kier alpha value is -2.62. The second kappa shape index (κ2) is 7.58. The van der Waals surface area contributed by atoms with Crippen molar-refractivity contribution in [2.75, 3.05) is 0 Å². The van der Waals surface area contributed by atoms with Crippen molar-refractivity contribution in [2.45, 2.75) is 33.4 Å². The third-order valence-electron chi connectivity index (χ3n) is 3.71. The second-order valence-electron chi connectivity index (χ2n) is 5.55. The van der Waals surface area contributed by atoms with Crippen LogP contribution < -0.4 is 5.32 Å². The molecule has 0 bridgehead atoms. The van der Waals surface area contributed by atoms with E-state index in [4.69, 9.17) is 4.74 Å². The number of amides is 1. The Morgan fingerprint density at radius 1 is 1.04 bits per heavy atom. The average molecular weight is 311 g/mol. The predicted molar refractivity (Wildman–Crippen MR) is 89.1 cm³/mol. The Morgan fingerprint density at radius 3 is 2.39 bits per heavy atom. The van der Waals surface area contributed by atoms with Crippen molar-refractivity contribution in [3.05, 3.63) is 70.8 Å². The van der Waals surface area contributed by atoms with Gasteiger partial charge in [0.2, 0.25) is 0 Å². The summed E-state index contributed by atoms with van der Waals surface area (Å²) in [6.07, 6.45) is -0.840. The largest absolute Gasteiger partial charge is 0.449 e. The molecular weight excluding hydrogens is 290 g/mol. The summed E-state index contributed by atoms with van der Waals surface area (Å²) in [6, 6.07) is 14.9. The molecule has 120 valence electrons. The zero-order chi connectivity index (χ0) is 16.8. The highest BCUT2D eigenvalue weighted by Gasteiger charge is 2.18. The van der Waals surface area contributed by atoms with Crippen LogP contribution in [0.25, 0.3) is 0 Å². The summed E-state index contributed by atoms with van der Waals surface area (Å²) in [5.74, 6) is -0.804. The van der Waals surface area contributed by atoms with Crippen molar-refractivity contribution in [1.82, 2.24) is 5.32 Å². The highest BCUT2D eigenvalue weighted by atomic mass is 16.5. The molecule has 2 aromatic carbocycles. The molecule has 0 aromatic heterocycles. The fourth-order valence-corrected chi connectivity index (χ4v) is 2.08. The van der Waals surface area contributed by atoms with E-state index >= 15 is 0 Å². The van der Waals surface area contributed by atoms with Crippen LogP contribution in [-0.2, 0) is 16.1 Å². The highest BCUT2D eigenvalue weighted by molar-refractivity contribution is 5.92. The van der Waals surface area contributed by atoms with Crippen LogP contribution in [0.15, 0.2) is 48.5 Å². The molecule has 4 nitrogen and oxygen atoms in total. The van der Waals surface area contributed by atoms with Gasteiger partial charge in [-0.2, -0.15) is 0 Å². The van der Waals surface area contributed by atoms with E-state index in [2.05, 4.69) is 5.32 Å². The molecule has 1 N–H and O–H groups in total. The van der Waals surface area contributed by atoms with Crippen molar-refractivity contribution < 1.29 is 14.3 Å². The summed E-state index contributed by atoms with van der Waals surface area (Å²) in [7, 11) is 0. The molecule has 1 amide bonds. The topological polar surface area (TPSA) is 55.4 Å².